The van der Waals surface area contributed by atoms with E-state index in [-0.39, 0.29) is 5.88 Å². The Morgan fingerprint density at radius 1 is 0.811 bits per heavy atom. The number of pyridine rings is 1. The third kappa shape index (κ3) is 5.09. The summed E-state index contributed by atoms with van der Waals surface area (Å²) in [6.45, 7) is 15.8. The molecule has 1 atom stereocenters. The number of benzene rings is 3. The lowest BCUT2D eigenvalue weighted by atomic mass is 9.82. The number of carboxylic acids is 1. The molecule has 0 aliphatic carbocycles. The molecule has 2 N–H and O–H groups in total. The molecular formula is C32H35NO4. The van der Waals surface area contributed by atoms with E-state index in [0.717, 1.165) is 44.5 Å². The van der Waals surface area contributed by atoms with Crippen molar-refractivity contribution in [3.63, 3.8) is 0 Å². The maximum absolute atomic E-state index is 12.7. The highest BCUT2D eigenvalue weighted by atomic mass is 16.5. The number of carbonyl (C=O) groups is 1. The van der Waals surface area contributed by atoms with Crippen LogP contribution in [0.15, 0.2) is 48.5 Å². The Kier molecular flexibility index (Phi) is 6.87. The fourth-order valence-electron chi connectivity index (χ4n) is 4.87. The van der Waals surface area contributed by atoms with Gasteiger partial charge in [0, 0.05) is 22.6 Å². The van der Waals surface area contributed by atoms with E-state index in [2.05, 4.69) is 63.0 Å². The van der Waals surface area contributed by atoms with E-state index in [4.69, 9.17) is 4.74 Å². The van der Waals surface area contributed by atoms with Gasteiger partial charge in [0.25, 0.3) is 0 Å². The first kappa shape index (κ1) is 26.4. The summed E-state index contributed by atoms with van der Waals surface area (Å²) < 4.78 is 6.19. The molecule has 4 rings (SSSR count). The summed E-state index contributed by atoms with van der Waals surface area (Å²) in [7, 11) is 0. The van der Waals surface area contributed by atoms with Crippen molar-refractivity contribution in [2.24, 2.45) is 0 Å². The Labute approximate surface area is 218 Å². The molecular weight excluding hydrogens is 462 g/mol. The van der Waals surface area contributed by atoms with Crippen LogP contribution in [0.4, 0.5) is 0 Å². The third-order valence-corrected chi connectivity index (χ3v) is 6.98. The molecule has 0 saturated heterocycles. The van der Waals surface area contributed by atoms with Crippen LogP contribution in [-0.4, -0.2) is 26.8 Å². The Bertz CT molecular complexity index is 1530. The SMILES string of the molecule is Cc1ccc(-c2c(C)c(-c3ccc(C)c(C)c3)c3nc(O)ccc3c2C(OC(C)(C)C)C(=O)O)cc1C. The third-order valence-electron chi connectivity index (χ3n) is 6.98. The number of ether oxygens (including phenoxy) is 1. The number of aromatic hydroxyl groups is 1. The summed E-state index contributed by atoms with van der Waals surface area (Å²) in [5.74, 6) is -1.20. The number of aromatic nitrogens is 1. The van der Waals surface area contributed by atoms with Crippen molar-refractivity contribution in [3.8, 4) is 28.1 Å². The van der Waals surface area contributed by atoms with Gasteiger partial charge in [-0.15, -0.1) is 0 Å². The molecule has 0 saturated carbocycles. The average molecular weight is 498 g/mol. The number of aliphatic carboxylic acids is 1. The molecule has 0 fully saturated rings. The molecule has 0 amide bonds. The fraction of sp³-hybridized carbons (Fsp3) is 0.312. The van der Waals surface area contributed by atoms with E-state index in [1.807, 2.05) is 33.8 Å². The van der Waals surface area contributed by atoms with Crippen LogP contribution in [-0.2, 0) is 9.53 Å². The Morgan fingerprint density at radius 3 is 1.84 bits per heavy atom. The summed E-state index contributed by atoms with van der Waals surface area (Å²) in [5, 5.41) is 21.5. The van der Waals surface area contributed by atoms with Crippen LogP contribution in [0.2, 0.25) is 0 Å². The molecule has 37 heavy (non-hydrogen) atoms. The first-order chi connectivity index (χ1) is 17.3. The van der Waals surface area contributed by atoms with Crippen LogP contribution in [0.3, 0.4) is 0 Å². The summed E-state index contributed by atoms with van der Waals surface area (Å²) >= 11 is 0. The molecule has 192 valence electrons. The first-order valence-electron chi connectivity index (χ1n) is 12.5. The summed E-state index contributed by atoms with van der Waals surface area (Å²) in [6.07, 6.45) is -1.24. The summed E-state index contributed by atoms with van der Waals surface area (Å²) in [4.78, 5) is 17.3. The number of aryl methyl sites for hydroxylation is 4. The maximum Gasteiger partial charge on any atom is 0.337 e. The maximum atomic E-state index is 12.7. The molecule has 4 aromatic rings. The van der Waals surface area contributed by atoms with Crippen LogP contribution < -0.4 is 0 Å². The molecule has 0 aliphatic heterocycles. The zero-order valence-corrected chi connectivity index (χ0v) is 22.9. The quantitative estimate of drug-likeness (QED) is 0.295. The highest BCUT2D eigenvalue weighted by molar-refractivity contribution is 6.05. The molecule has 0 aliphatic rings. The minimum atomic E-state index is -1.24. The minimum Gasteiger partial charge on any atom is -0.493 e. The molecule has 5 nitrogen and oxygen atoms in total. The summed E-state index contributed by atoms with van der Waals surface area (Å²) in [5.41, 5.74) is 9.41. The second-order valence-electron chi connectivity index (χ2n) is 10.9. The van der Waals surface area contributed by atoms with Crippen molar-refractivity contribution in [2.75, 3.05) is 0 Å². The molecule has 1 unspecified atom stereocenters. The van der Waals surface area contributed by atoms with Crippen molar-refractivity contribution in [2.45, 2.75) is 67.1 Å². The lowest BCUT2D eigenvalue weighted by molar-refractivity contribution is -0.160. The number of rotatable bonds is 5. The first-order valence-corrected chi connectivity index (χ1v) is 12.5. The molecule has 5 heteroatoms. The lowest BCUT2D eigenvalue weighted by Crippen LogP contribution is -2.28. The number of fused-ring (bicyclic) bond motifs is 1. The van der Waals surface area contributed by atoms with Crippen LogP contribution in [0.5, 0.6) is 5.88 Å². The van der Waals surface area contributed by atoms with Gasteiger partial charge in [-0.25, -0.2) is 9.78 Å². The molecule has 3 aromatic carbocycles. The average Bonchev–Trinajstić information content (AvgIpc) is 2.80. The van der Waals surface area contributed by atoms with Gasteiger partial charge in [-0.05, 0) is 106 Å². The van der Waals surface area contributed by atoms with Gasteiger partial charge in [-0.3, -0.25) is 0 Å². The Balaban J connectivity index is 2.23. The van der Waals surface area contributed by atoms with Crippen LogP contribution in [0, 0.1) is 34.6 Å². The zero-order valence-electron chi connectivity index (χ0n) is 22.9. The van der Waals surface area contributed by atoms with E-state index in [9.17, 15) is 15.0 Å². The minimum absolute atomic E-state index is 0.120. The van der Waals surface area contributed by atoms with Gasteiger partial charge in [-0.1, -0.05) is 36.4 Å². The number of carboxylic acid groups (broad SMARTS) is 1. The zero-order chi connectivity index (χ0) is 27.2. The highest BCUT2D eigenvalue weighted by Crippen LogP contribution is 2.46. The lowest BCUT2D eigenvalue weighted by Gasteiger charge is -2.29. The predicted octanol–water partition coefficient (Wildman–Crippen LogP) is 7.76. The van der Waals surface area contributed by atoms with E-state index in [1.165, 1.54) is 11.6 Å². The van der Waals surface area contributed by atoms with Gasteiger partial charge in [0.2, 0.25) is 5.88 Å². The van der Waals surface area contributed by atoms with Gasteiger partial charge >= 0.3 is 5.97 Å². The van der Waals surface area contributed by atoms with Crippen molar-refractivity contribution < 1.29 is 19.7 Å². The van der Waals surface area contributed by atoms with E-state index < -0.39 is 17.7 Å². The second kappa shape index (κ2) is 9.64. The van der Waals surface area contributed by atoms with E-state index >= 15 is 0 Å². The number of hydrogen-bond acceptors (Lipinski definition) is 4. The smallest absolute Gasteiger partial charge is 0.337 e. The van der Waals surface area contributed by atoms with Gasteiger partial charge in [0.15, 0.2) is 6.10 Å². The van der Waals surface area contributed by atoms with Gasteiger partial charge in [0.1, 0.15) is 0 Å². The molecule has 1 aromatic heterocycles. The molecule has 0 spiro atoms. The van der Waals surface area contributed by atoms with Crippen LogP contribution >= 0.6 is 0 Å². The van der Waals surface area contributed by atoms with E-state index in [0.29, 0.717) is 16.5 Å². The number of hydrogen-bond donors (Lipinski definition) is 2. The van der Waals surface area contributed by atoms with Crippen molar-refractivity contribution in [1.82, 2.24) is 4.98 Å². The standard InChI is InChI=1S/C32H35NO4/c1-17-9-11-22(15-19(17)3)26-21(5)27(23-12-10-18(2)20(4)16-23)29-24(13-14-25(34)33-29)28(26)30(31(35)36)37-32(6,7)8/h9-16,30H,1-8H3,(H,33,34)(H,35,36). The fourth-order valence-corrected chi connectivity index (χ4v) is 4.87. The molecule has 0 radical (unpaired) electrons. The topological polar surface area (TPSA) is 79.7 Å². The van der Waals surface area contributed by atoms with Crippen LogP contribution in [0.1, 0.15) is 60.3 Å². The molecule has 0 bridgehead atoms. The van der Waals surface area contributed by atoms with Gasteiger partial charge < -0.3 is 14.9 Å². The predicted molar refractivity (Wildman–Crippen MR) is 149 cm³/mol. The second-order valence-corrected chi connectivity index (χ2v) is 10.9. The highest BCUT2D eigenvalue weighted by Gasteiger charge is 2.33. The van der Waals surface area contributed by atoms with Crippen LogP contribution in [0.25, 0.3) is 33.2 Å². The largest absolute Gasteiger partial charge is 0.493 e. The Morgan fingerprint density at radius 2 is 1.35 bits per heavy atom. The van der Waals surface area contributed by atoms with Crippen molar-refractivity contribution in [3.05, 3.63) is 81.9 Å². The van der Waals surface area contributed by atoms with Gasteiger partial charge in [-0.2, -0.15) is 0 Å². The number of nitrogens with zero attached hydrogens (tertiary/aromatic N) is 1. The monoisotopic (exact) mass is 497 g/mol. The normalized spacial score (nSPS) is 12.6. The molecule has 1 heterocycles. The summed E-state index contributed by atoms with van der Waals surface area (Å²) in [6, 6.07) is 15.7. The Hall–Kier alpha value is -3.70. The van der Waals surface area contributed by atoms with Crippen molar-refractivity contribution >= 4 is 16.9 Å². The van der Waals surface area contributed by atoms with Crippen molar-refractivity contribution in [1.29, 1.82) is 0 Å². The van der Waals surface area contributed by atoms with Gasteiger partial charge in [0.05, 0.1) is 11.1 Å². The van der Waals surface area contributed by atoms with E-state index in [1.54, 1.807) is 6.07 Å².